The number of hydrogen-bond acceptors (Lipinski definition) is 4. The standard InChI is InChI=1S/C51H34N4/c1-30-26-36-20-15-33-19-24-46(55-49(33)50(36,2)53-29-30)35-17-22-40-38-10-4-6-12-42(38)51(44(40)28-35)41-11-5-3-9-37(41)39-21-16-34(27-43(39)51)45-23-18-32-14-13-31-8-7-25-52-47(31)48(32)54-45/h3-29,36H,1-2H3. The van der Waals surface area contributed by atoms with Crippen LogP contribution in [0.4, 0.5) is 0 Å². The molecular weight excluding hydrogens is 669 g/mol. The number of pyridine rings is 3. The first-order valence-electron chi connectivity index (χ1n) is 19.1. The Morgan fingerprint density at radius 3 is 1.91 bits per heavy atom. The fraction of sp³-hybridized carbons (Fsp3) is 0.0980. The highest BCUT2D eigenvalue weighted by Gasteiger charge is 2.52. The van der Waals surface area contributed by atoms with Crippen LogP contribution in [0.3, 0.4) is 0 Å². The van der Waals surface area contributed by atoms with Crippen molar-refractivity contribution < 1.29 is 0 Å². The van der Waals surface area contributed by atoms with Gasteiger partial charge in [0.05, 0.1) is 33.5 Å². The molecule has 4 heterocycles. The molecule has 5 aromatic carbocycles. The quantitative estimate of drug-likeness (QED) is 0.169. The van der Waals surface area contributed by atoms with Gasteiger partial charge in [-0.3, -0.25) is 9.98 Å². The van der Waals surface area contributed by atoms with Gasteiger partial charge in [0.15, 0.2) is 0 Å². The molecule has 55 heavy (non-hydrogen) atoms. The molecule has 4 heteroatoms. The number of rotatable bonds is 2. The molecule has 3 aliphatic carbocycles. The van der Waals surface area contributed by atoms with Gasteiger partial charge < -0.3 is 0 Å². The zero-order valence-corrected chi connectivity index (χ0v) is 30.5. The summed E-state index contributed by atoms with van der Waals surface area (Å²) in [7, 11) is 0. The Bertz CT molecular complexity index is 3080. The van der Waals surface area contributed by atoms with Gasteiger partial charge in [-0.05, 0) is 99.8 Å². The molecule has 1 aliphatic heterocycles. The lowest BCUT2D eigenvalue weighted by atomic mass is 9.70. The van der Waals surface area contributed by atoms with Gasteiger partial charge >= 0.3 is 0 Å². The molecule has 12 rings (SSSR count). The van der Waals surface area contributed by atoms with E-state index in [9.17, 15) is 0 Å². The van der Waals surface area contributed by atoms with Gasteiger partial charge in [-0.1, -0.05) is 121 Å². The number of fused-ring (bicyclic) bond motifs is 16. The Kier molecular flexibility index (Phi) is 6.07. The maximum Gasteiger partial charge on any atom is 0.110 e. The van der Waals surface area contributed by atoms with E-state index in [1.54, 1.807) is 0 Å². The zero-order valence-electron chi connectivity index (χ0n) is 30.5. The van der Waals surface area contributed by atoms with Crippen LogP contribution in [0.1, 0.15) is 47.4 Å². The number of aliphatic imine (C=N–C) groups is 1. The van der Waals surface area contributed by atoms with E-state index >= 15 is 0 Å². The molecule has 3 unspecified atom stereocenters. The van der Waals surface area contributed by atoms with Crippen molar-refractivity contribution in [3.63, 3.8) is 0 Å². The summed E-state index contributed by atoms with van der Waals surface area (Å²) in [5.41, 5.74) is 18.6. The predicted molar refractivity (Wildman–Crippen MR) is 224 cm³/mol. The first-order chi connectivity index (χ1) is 27.0. The molecule has 0 amide bonds. The van der Waals surface area contributed by atoms with Crippen molar-refractivity contribution >= 4 is 34.1 Å². The lowest BCUT2D eigenvalue weighted by Gasteiger charge is -2.37. The lowest BCUT2D eigenvalue weighted by Crippen LogP contribution is -2.34. The third kappa shape index (κ3) is 4.06. The molecule has 0 radical (unpaired) electrons. The van der Waals surface area contributed by atoms with E-state index in [1.807, 2.05) is 18.5 Å². The summed E-state index contributed by atoms with van der Waals surface area (Å²) in [5.74, 6) is 0.179. The maximum atomic E-state index is 5.44. The molecule has 3 atom stereocenters. The molecule has 0 bridgehead atoms. The largest absolute Gasteiger partial charge is 0.279 e. The third-order valence-corrected chi connectivity index (χ3v) is 12.6. The van der Waals surface area contributed by atoms with Gasteiger partial charge in [0, 0.05) is 40.2 Å². The molecule has 0 saturated heterocycles. The summed E-state index contributed by atoms with van der Waals surface area (Å²) in [6.45, 7) is 4.34. The van der Waals surface area contributed by atoms with Crippen LogP contribution in [-0.2, 0) is 11.0 Å². The van der Waals surface area contributed by atoms with Crippen molar-refractivity contribution in [2.45, 2.75) is 24.8 Å². The molecule has 8 aromatic rings. The fourth-order valence-corrected chi connectivity index (χ4v) is 9.99. The molecule has 0 saturated carbocycles. The van der Waals surface area contributed by atoms with Crippen LogP contribution in [0.5, 0.6) is 0 Å². The lowest BCUT2D eigenvalue weighted by molar-refractivity contribution is 0.402. The van der Waals surface area contributed by atoms with Crippen molar-refractivity contribution in [1.29, 1.82) is 0 Å². The van der Waals surface area contributed by atoms with E-state index in [4.69, 9.17) is 19.9 Å². The highest BCUT2D eigenvalue weighted by molar-refractivity contribution is 6.03. The fourth-order valence-electron chi connectivity index (χ4n) is 9.99. The first kappa shape index (κ1) is 30.7. The average molecular weight is 703 g/mol. The maximum absolute atomic E-state index is 5.44. The number of allylic oxidation sites excluding steroid dienone is 1. The van der Waals surface area contributed by atoms with Crippen LogP contribution in [0.2, 0.25) is 0 Å². The van der Waals surface area contributed by atoms with Crippen LogP contribution in [0.15, 0.2) is 162 Å². The van der Waals surface area contributed by atoms with Crippen LogP contribution < -0.4 is 0 Å². The van der Waals surface area contributed by atoms with Crippen molar-refractivity contribution in [2.24, 2.45) is 10.9 Å². The number of hydrogen-bond donors (Lipinski definition) is 0. The van der Waals surface area contributed by atoms with Crippen LogP contribution in [-0.4, -0.2) is 21.2 Å². The van der Waals surface area contributed by atoms with E-state index in [0.29, 0.717) is 0 Å². The second-order valence-corrected chi connectivity index (χ2v) is 15.6. The normalized spacial score (nSPS) is 20.8. The van der Waals surface area contributed by atoms with E-state index in [-0.39, 0.29) is 5.92 Å². The Labute approximate surface area is 319 Å². The van der Waals surface area contributed by atoms with Crippen LogP contribution >= 0.6 is 0 Å². The zero-order chi connectivity index (χ0) is 36.5. The Hall–Kier alpha value is -6.78. The van der Waals surface area contributed by atoms with Gasteiger partial charge in [-0.15, -0.1) is 0 Å². The number of nitrogens with zero attached hydrogens (tertiary/aromatic N) is 4. The number of dihydropyridines is 1. The van der Waals surface area contributed by atoms with E-state index < -0.39 is 11.0 Å². The molecular formula is C51H34N4. The molecule has 3 aromatic heterocycles. The molecule has 0 fully saturated rings. The summed E-state index contributed by atoms with van der Waals surface area (Å²) in [6.07, 6.45) is 10.7. The highest BCUT2D eigenvalue weighted by atomic mass is 14.9. The summed E-state index contributed by atoms with van der Waals surface area (Å²) < 4.78 is 0. The summed E-state index contributed by atoms with van der Waals surface area (Å²) in [5, 5.41) is 2.18. The Morgan fingerprint density at radius 2 is 1.18 bits per heavy atom. The van der Waals surface area contributed by atoms with Crippen molar-refractivity contribution in [1.82, 2.24) is 15.0 Å². The van der Waals surface area contributed by atoms with Gasteiger partial charge in [-0.25, -0.2) is 9.97 Å². The third-order valence-electron chi connectivity index (χ3n) is 12.6. The van der Waals surface area contributed by atoms with E-state index in [0.717, 1.165) is 55.6 Å². The number of benzene rings is 5. The van der Waals surface area contributed by atoms with Crippen molar-refractivity contribution in [3.8, 4) is 44.8 Å². The Morgan fingerprint density at radius 1 is 0.564 bits per heavy atom. The topological polar surface area (TPSA) is 51.0 Å². The smallest absolute Gasteiger partial charge is 0.110 e. The molecule has 1 spiro atoms. The predicted octanol–water partition coefficient (Wildman–Crippen LogP) is 11.7. The molecule has 258 valence electrons. The SMILES string of the molecule is CC1=CC2C=Cc3ccc(-c4ccc5c(c4)C4(c6ccccc6-5)c5ccccc5-c5ccc(-c6ccc7ccc8cccnc8c7n6)cc54)nc3C2(C)N=C1. The highest BCUT2D eigenvalue weighted by Crippen LogP contribution is 2.63. The summed E-state index contributed by atoms with van der Waals surface area (Å²) >= 11 is 0. The Balaban J connectivity index is 1.08. The van der Waals surface area contributed by atoms with Crippen LogP contribution in [0, 0.1) is 5.92 Å². The second-order valence-electron chi connectivity index (χ2n) is 15.6. The van der Waals surface area contributed by atoms with Crippen LogP contribution in [0.25, 0.3) is 72.7 Å². The molecule has 4 aliphatic rings. The number of aromatic nitrogens is 3. The van der Waals surface area contributed by atoms with Gasteiger partial charge in [0.1, 0.15) is 5.54 Å². The summed E-state index contributed by atoms with van der Waals surface area (Å²) in [4.78, 5) is 20.5. The minimum absolute atomic E-state index is 0.179. The van der Waals surface area contributed by atoms with E-state index in [1.165, 1.54) is 50.1 Å². The van der Waals surface area contributed by atoms with Crippen molar-refractivity contribution in [3.05, 3.63) is 191 Å². The second kappa shape index (κ2) is 10.9. The minimum atomic E-state index is -0.515. The molecule has 4 nitrogen and oxygen atoms in total. The minimum Gasteiger partial charge on any atom is -0.279 e. The van der Waals surface area contributed by atoms with E-state index in [2.05, 4.69) is 159 Å². The average Bonchev–Trinajstić information content (AvgIpc) is 3.70. The van der Waals surface area contributed by atoms with Gasteiger partial charge in [-0.2, -0.15) is 0 Å². The van der Waals surface area contributed by atoms with Crippen molar-refractivity contribution in [2.75, 3.05) is 0 Å². The van der Waals surface area contributed by atoms with Gasteiger partial charge in [0.2, 0.25) is 0 Å². The molecule has 0 N–H and O–H groups in total. The monoisotopic (exact) mass is 702 g/mol. The first-order valence-corrected chi connectivity index (χ1v) is 19.1. The van der Waals surface area contributed by atoms with Gasteiger partial charge in [0.25, 0.3) is 0 Å². The summed E-state index contributed by atoms with van der Waals surface area (Å²) in [6, 6.07) is 49.0.